The summed E-state index contributed by atoms with van der Waals surface area (Å²) in [5, 5.41) is 3.47. The number of thioether (sulfide) groups is 1. The fraction of sp³-hybridized carbons (Fsp3) is 0.368. The third-order valence-corrected chi connectivity index (χ3v) is 5.17. The van der Waals surface area contributed by atoms with Crippen LogP contribution in [0.1, 0.15) is 17.4 Å². The zero-order valence-corrected chi connectivity index (χ0v) is 14.8. The van der Waals surface area contributed by atoms with Gasteiger partial charge < -0.3 is 9.64 Å². The van der Waals surface area contributed by atoms with Crippen LogP contribution in [0.5, 0.6) is 0 Å². The summed E-state index contributed by atoms with van der Waals surface area (Å²) in [6.07, 6.45) is 0.259. The standard InChI is InChI=1S/C19H24N2OS/c1-14-4-10-18(11-5-14)23-13-17-12-20-19(22-17)15-6-8-16(9-7-15)21(2)3/h4-11,17,19-20H,12-13H2,1-3H3/t17-,19-/m1/s1. The SMILES string of the molecule is Cc1ccc(SC[C@H]2CN[C@@H](c3ccc(N(C)C)cc3)O2)cc1. The van der Waals surface area contributed by atoms with Crippen molar-refractivity contribution in [3.8, 4) is 0 Å². The molecule has 1 aliphatic rings. The average Bonchev–Trinajstić information content (AvgIpc) is 3.03. The average molecular weight is 328 g/mol. The third kappa shape index (κ3) is 4.28. The lowest BCUT2D eigenvalue weighted by molar-refractivity contribution is 0.0535. The molecule has 1 heterocycles. The van der Waals surface area contributed by atoms with Gasteiger partial charge in [-0.15, -0.1) is 11.8 Å². The predicted molar refractivity (Wildman–Crippen MR) is 98.3 cm³/mol. The van der Waals surface area contributed by atoms with E-state index in [1.807, 2.05) is 11.8 Å². The van der Waals surface area contributed by atoms with Crippen LogP contribution in [0.25, 0.3) is 0 Å². The van der Waals surface area contributed by atoms with E-state index in [4.69, 9.17) is 4.74 Å². The molecule has 3 nitrogen and oxygen atoms in total. The molecule has 0 amide bonds. The summed E-state index contributed by atoms with van der Waals surface area (Å²) in [7, 11) is 4.11. The van der Waals surface area contributed by atoms with Gasteiger partial charge in [-0.25, -0.2) is 0 Å². The molecule has 2 aromatic carbocycles. The molecule has 0 aliphatic carbocycles. The molecule has 0 radical (unpaired) electrons. The van der Waals surface area contributed by atoms with Gasteiger partial charge in [-0.1, -0.05) is 29.8 Å². The van der Waals surface area contributed by atoms with E-state index in [0.717, 1.165) is 12.3 Å². The first kappa shape index (κ1) is 16.4. The minimum Gasteiger partial charge on any atom is -0.378 e. The second-order valence-corrected chi connectivity index (χ2v) is 7.25. The number of aryl methyl sites for hydroxylation is 1. The van der Waals surface area contributed by atoms with Crippen LogP contribution < -0.4 is 10.2 Å². The molecule has 0 unspecified atom stereocenters. The van der Waals surface area contributed by atoms with E-state index in [-0.39, 0.29) is 12.3 Å². The molecule has 0 spiro atoms. The van der Waals surface area contributed by atoms with E-state index in [1.165, 1.54) is 21.7 Å². The van der Waals surface area contributed by atoms with Gasteiger partial charge >= 0.3 is 0 Å². The maximum atomic E-state index is 6.15. The van der Waals surface area contributed by atoms with E-state index in [9.17, 15) is 0 Å². The fourth-order valence-corrected chi connectivity index (χ4v) is 3.50. The number of rotatable bonds is 5. The first-order valence-electron chi connectivity index (χ1n) is 7.97. The second kappa shape index (κ2) is 7.39. The summed E-state index contributed by atoms with van der Waals surface area (Å²) in [6, 6.07) is 17.2. The Morgan fingerprint density at radius 1 is 1.09 bits per heavy atom. The van der Waals surface area contributed by atoms with E-state index in [1.54, 1.807) is 0 Å². The smallest absolute Gasteiger partial charge is 0.134 e. The van der Waals surface area contributed by atoms with Crippen LogP contribution in [0.15, 0.2) is 53.4 Å². The Labute approximate surface area is 143 Å². The monoisotopic (exact) mass is 328 g/mol. The van der Waals surface area contributed by atoms with Gasteiger partial charge in [-0.05, 0) is 36.8 Å². The highest BCUT2D eigenvalue weighted by molar-refractivity contribution is 7.99. The van der Waals surface area contributed by atoms with Crippen molar-refractivity contribution in [2.45, 2.75) is 24.2 Å². The Morgan fingerprint density at radius 3 is 2.43 bits per heavy atom. The highest BCUT2D eigenvalue weighted by Gasteiger charge is 2.25. The number of hydrogen-bond acceptors (Lipinski definition) is 4. The molecule has 1 aliphatic heterocycles. The Morgan fingerprint density at radius 2 is 1.78 bits per heavy atom. The van der Waals surface area contributed by atoms with E-state index in [0.29, 0.717) is 0 Å². The lowest BCUT2D eigenvalue weighted by Gasteiger charge is -2.16. The Hall–Kier alpha value is -1.49. The van der Waals surface area contributed by atoms with E-state index < -0.39 is 0 Å². The second-order valence-electron chi connectivity index (χ2n) is 6.16. The molecule has 0 aromatic heterocycles. The third-order valence-electron chi connectivity index (χ3n) is 4.03. The van der Waals surface area contributed by atoms with Gasteiger partial charge in [-0.3, -0.25) is 5.32 Å². The summed E-state index contributed by atoms with van der Waals surface area (Å²) in [6.45, 7) is 3.02. The summed E-state index contributed by atoms with van der Waals surface area (Å²) in [5.41, 5.74) is 3.70. The van der Waals surface area contributed by atoms with Gasteiger partial charge in [0.25, 0.3) is 0 Å². The quantitative estimate of drug-likeness (QED) is 0.843. The van der Waals surface area contributed by atoms with Crippen molar-refractivity contribution in [1.82, 2.24) is 5.32 Å². The Balaban J connectivity index is 1.52. The maximum Gasteiger partial charge on any atom is 0.134 e. The van der Waals surface area contributed by atoms with Crippen LogP contribution in [0.2, 0.25) is 0 Å². The molecule has 2 aromatic rings. The van der Waals surface area contributed by atoms with Crippen molar-refractivity contribution in [1.29, 1.82) is 0 Å². The fourth-order valence-electron chi connectivity index (χ4n) is 2.59. The molecular formula is C19H24N2OS. The first-order chi connectivity index (χ1) is 11.1. The summed E-state index contributed by atoms with van der Waals surface area (Å²) in [5.74, 6) is 0.975. The van der Waals surface area contributed by atoms with Crippen LogP contribution in [0.3, 0.4) is 0 Å². The minimum absolute atomic E-state index is 0.00910. The molecule has 4 heteroatoms. The summed E-state index contributed by atoms with van der Waals surface area (Å²) < 4.78 is 6.15. The molecule has 0 bridgehead atoms. The number of nitrogens with one attached hydrogen (secondary N) is 1. The van der Waals surface area contributed by atoms with E-state index >= 15 is 0 Å². The highest BCUT2D eigenvalue weighted by atomic mass is 32.2. The number of nitrogens with zero attached hydrogens (tertiary/aromatic N) is 1. The van der Waals surface area contributed by atoms with Crippen molar-refractivity contribution >= 4 is 17.4 Å². The van der Waals surface area contributed by atoms with Gasteiger partial charge in [0.15, 0.2) is 0 Å². The van der Waals surface area contributed by atoms with Crippen molar-refractivity contribution in [3.63, 3.8) is 0 Å². The van der Waals surface area contributed by atoms with E-state index in [2.05, 4.69) is 79.8 Å². The molecular weight excluding hydrogens is 304 g/mol. The normalized spacial score (nSPS) is 20.7. The number of benzene rings is 2. The topological polar surface area (TPSA) is 24.5 Å². The van der Waals surface area contributed by atoms with Gasteiger partial charge in [0.05, 0.1) is 6.10 Å². The molecule has 2 atom stereocenters. The number of anilines is 1. The lowest BCUT2D eigenvalue weighted by Crippen LogP contribution is -2.16. The number of hydrogen-bond donors (Lipinski definition) is 1. The molecule has 1 fully saturated rings. The van der Waals surface area contributed by atoms with Gasteiger partial charge in [0, 0.05) is 37.0 Å². The molecule has 122 valence electrons. The molecule has 1 N–H and O–H groups in total. The summed E-state index contributed by atoms with van der Waals surface area (Å²) >= 11 is 1.86. The molecule has 3 rings (SSSR count). The van der Waals surface area contributed by atoms with Crippen LogP contribution in [-0.4, -0.2) is 32.5 Å². The van der Waals surface area contributed by atoms with Gasteiger partial charge in [-0.2, -0.15) is 0 Å². The van der Waals surface area contributed by atoms with Crippen molar-refractivity contribution in [2.24, 2.45) is 0 Å². The maximum absolute atomic E-state index is 6.15. The highest BCUT2D eigenvalue weighted by Crippen LogP contribution is 2.27. The molecule has 1 saturated heterocycles. The lowest BCUT2D eigenvalue weighted by atomic mass is 10.2. The van der Waals surface area contributed by atoms with Crippen molar-refractivity contribution < 1.29 is 4.74 Å². The Bertz CT molecular complexity index is 625. The van der Waals surface area contributed by atoms with Gasteiger partial charge in [0.2, 0.25) is 0 Å². The predicted octanol–water partition coefficient (Wildman–Crippen LogP) is 3.84. The van der Waals surface area contributed by atoms with Gasteiger partial charge in [0.1, 0.15) is 6.23 Å². The van der Waals surface area contributed by atoms with Crippen LogP contribution in [0.4, 0.5) is 5.69 Å². The van der Waals surface area contributed by atoms with Crippen molar-refractivity contribution in [2.75, 3.05) is 31.3 Å². The molecule has 23 heavy (non-hydrogen) atoms. The van der Waals surface area contributed by atoms with Crippen LogP contribution >= 0.6 is 11.8 Å². The van der Waals surface area contributed by atoms with Crippen LogP contribution in [-0.2, 0) is 4.74 Å². The zero-order valence-electron chi connectivity index (χ0n) is 14.0. The number of ether oxygens (including phenoxy) is 1. The largest absolute Gasteiger partial charge is 0.378 e. The van der Waals surface area contributed by atoms with Crippen molar-refractivity contribution in [3.05, 3.63) is 59.7 Å². The zero-order chi connectivity index (χ0) is 16.2. The first-order valence-corrected chi connectivity index (χ1v) is 8.96. The summed E-state index contributed by atoms with van der Waals surface area (Å²) in [4.78, 5) is 3.41. The minimum atomic E-state index is 0.00910. The Kier molecular flexibility index (Phi) is 5.26. The molecule has 0 saturated carbocycles. The van der Waals surface area contributed by atoms with Crippen LogP contribution in [0, 0.1) is 6.92 Å².